The van der Waals surface area contributed by atoms with Gasteiger partial charge in [0.1, 0.15) is 11.4 Å². The normalized spacial score (nSPS) is 40.4. The van der Waals surface area contributed by atoms with Crippen molar-refractivity contribution in [2.75, 3.05) is 37.6 Å². The molecular weight excluding hydrogens is 346 g/mol. The van der Waals surface area contributed by atoms with Crippen LogP contribution in [0.15, 0.2) is 54.6 Å². The summed E-state index contributed by atoms with van der Waals surface area (Å²) < 4.78 is 0. The van der Waals surface area contributed by atoms with E-state index in [2.05, 4.69) is 83.1 Å². The first-order valence-corrected chi connectivity index (χ1v) is 10.4. The van der Waals surface area contributed by atoms with Gasteiger partial charge in [-0.25, -0.2) is 0 Å². The number of carbonyl (C=O) groups excluding carboxylic acids is 1. The van der Waals surface area contributed by atoms with E-state index >= 15 is 0 Å². The molecule has 4 nitrogen and oxygen atoms in total. The maximum atomic E-state index is 13.1. The van der Waals surface area contributed by atoms with Crippen molar-refractivity contribution in [2.24, 2.45) is 10.8 Å². The van der Waals surface area contributed by atoms with Gasteiger partial charge in [-0.1, -0.05) is 62.4 Å². The van der Waals surface area contributed by atoms with E-state index < -0.39 is 0 Å². The van der Waals surface area contributed by atoms with Crippen molar-refractivity contribution < 1.29 is 4.79 Å². The zero-order valence-electron chi connectivity index (χ0n) is 16.7. The molecule has 0 atom stereocenters. The van der Waals surface area contributed by atoms with Crippen LogP contribution in [0.4, 0.5) is 5.69 Å². The number of hydrogen-bond donors (Lipinski definition) is 0. The highest BCUT2D eigenvalue weighted by molar-refractivity contribution is 5.93. The predicted octanol–water partition coefficient (Wildman–Crippen LogP) is 3.09. The average Bonchev–Trinajstić information content (AvgIpc) is 2.99. The monoisotopic (exact) mass is 373 g/mol. The van der Waals surface area contributed by atoms with Crippen LogP contribution in [0.3, 0.4) is 0 Å². The minimum atomic E-state index is -0.224. The lowest BCUT2D eigenvalue weighted by molar-refractivity contribution is -0.228. The summed E-state index contributed by atoms with van der Waals surface area (Å²) in [4.78, 5) is 20.9. The summed E-state index contributed by atoms with van der Waals surface area (Å²) in [5.41, 5.74) is 3.57. The fourth-order valence-electron chi connectivity index (χ4n) is 6.65. The van der Waals surface area contributed by atoms with Crippen LogP contribution in [-0.4, -0.2) is 48.3 Å². The largest absolute Gasteiger partial charge is 0.363 e. The van der Waals surface area contributed by atoms with Crippen molar-refractivity contribution in [3.05, 3.63) is 65.7 Å². The number of ketones is 1. The molecule has 0 aliphatic carbocycles. The highest BCUT2D eigenvalue weighted by atomic mass is 16.1. The number of para-hydroxylation sites is 1. The predicted molar refractivity (Wildman–Crippen MR) is 110 cm³/mol. The van der Waals surface area contributed by atoms with E-state index in [1.54, 1.807) is 0 Å². The number of anilines is 1. The van der Waals surface area contributed by atoms with Gasteiger partial charge in [-0.15, -0.1) is 0 Å². The summed E-state index contributed by atoms with van der Waals surface area (Å²) in [6.07, 6.45) is 0. The maximum Gasteiger partial charge on any atom is 0.149 e. The number of rotatable bonds is 2. The van der Waals surface area contributed by atoms with Gasteiger partial charge in [0.05, 0.1) is 17.4 Å². The molecule has 4 heteroatoms. The summed E-state index contributed by atoms with van der Waals surface area (Å²) in [6.45, 7) is 9.78. The molecule has 5 aliphatic heterocycles. The van der Waals surface area contributed by atoms with Gasteiger partial charge in [-0.3, -0.25) is 14.6 Å². The van der Waals surface area contributed by atoms with Gasteiger partial charge in [0.25, 0.3) is 0 Å². The summed E-state index contributed by atoms with van der Waals surface area (Å²) >= 11 is 0. The van der Waals surface area contributed by atoms with Crippen LogP contribution in [0.25, 0.3) is 0 Å². The van der Waals surface area contributed by atoms with E-state index in [-0.39, 0.29) is 16.5 Å². The average molecular weight is 374 g/mol. The van der Waals surface area contributed by atoms with Gasteiger partial charge < -0.3 is 4.90 Å². The summed E-state index contributed by atoms with van der Waals surface area (Å²) in [6, 6.07) is 19.7. The Hall–Kier alpha value is -2.17. The number of hydrogen-bond acceptors (Lipinski definition) is 4. The Bertz CT molecular complexity index is 929. The molecule has 0 aromatic heterocycles. The number of piperidine rings is 2. The number of nitrogens with zero attached hydrogens (tertiary/aromatic N) is 3. The van der Waals surface area contributed by atoms with Crippen LogP contribution < -0.4 is 4.90 Å². The van der Waals surface area contributed by atoms with Gasteiger partial charge in [-0.05, 0) is 11.6 Å². The smallest absolute Gasteiger partial charge is 0.149 e. The lowest BCUT2D eigenvalue weighted by Gasteiger charge is -2.69. The topological polar surface area (TPSA) is 26.8 Å². The van der Waals surface area contributed by atoms with Crippen LogP contribution in [0.1, 0.15) is 25.0 Å². The molecule has 0 unspecified atom stereocenters. The Labute approximate surface area is 166 Å². The quantitative estimate of drug-likeness (QED) is 0.808. The molecule has 4 bridgehead atoms. The second kappa shape index (κ2) is 5.25. The third-order valence-corrected chi connectivity index (χ3v) is 7.61. The first-order valence-electron chi connectivity index (χ1n) is 10.4. The minimum Gasteiger partial charge on any atom is -0.363 e. The molecule has 0 amide bonds. The maximum absolute atomic E-state index is 13.1. The Morgan fingerprint density at radius 2 is 1.36 bits per heavy atom. The number of carbonyl (C=O) groups is 1. The number of benzene rings is 2. The lowest BCUT2D eigenvalue weighted by Crippen LogP contribution is -2.82. The Morgan fingerprint density at radius 3 is 2.00 bits per heavy atom. The van der Waals surface area contributed by atoms with Crippen LogP contribution in [0.5, 0.6) is 0 Å². The standard InChI is InChI=1S/C24H27N3O/c1-22-13-26-15-23(2,21(22)28)16-27(14-22)24(26)17-25(12-18-8-4-3-5-9-18)20-11-7-6-10-19(20)24/h3-11H,12-17H2,1-2H3. The minimum absolute atomic E-state index is 0.0922. The van der Waals surface area contributed by atoms with Gasteiger partial charge in [0, 0.05) is 44.0 Å². The molecule has 5 heterocycles. The van der Waals surface area contributed by atoms with E-state index in [1.165, 1.54) is 16.8 Å². The third kappa shape index (κ3) is 1.95. The molecule has 4 fully saturated rings. The van der Waals surface area contributed by atoms with Crippen LogP contribution in [0.2, 0.25) is 0 Å². The zero-order chi connectivity index (χ0) is 19.1. The van der Waals surface area contributed by atoms with E-state index in [9.17, 15) is 4.79 Å². The van der Waals surface area contributed by atoms with Crippen molar-refractivity contribution in [2.45, 2.75) is 26.1 Å². The molecule has 2 aromatic carbocycles. The summed E-state index contributed by atoms with van der Waals surface area (Å²) in [5.74, 6) is 0.481. The highest BCUT2D eigenvalue weighted by Gasteiger charge is 2.68. The number of fused-ring (bicyclic) bond motifs is 1. The van der Waals surface area contributed by atoms with E-state index in [1.807, 2.05) is 0 Å². The molecule has 4 saturated heterocycles. The van der Waals surface area contributed by atoms with Gasteiger partial charge >= 0.3 is 0 Å². The van der Waals surface area contributed by atoms with Crippen molar-refractivity contribution >= 4 is 11.5 Å². The van der Waals surface area contributed by atoms with Gasteiger partial charge in [0.2, 0.25) is 0 Å². The van der Waals surface area contributed by atoms with Crippen molar-refractivity contribution in [1.82, 2.24) is 9.80 Å². The van der Waals surface area contributed by atoms with Crippen molar-refractivity contribution in [3.8, 4) is 0 Å². The second-order valence-electron chi connectivity index (χ2n) is 9.84. The molecule has 0 saturated carbocycles. The summed E-state index contributed by atoms with van der Waals surface area (Å²) in [5, 5.41) is 0. The Balaban J connectivity index is 1.44. The van der Waals surface area contributed by atoms with E-state index in [4.69, 9.17) is 0 Å². The fourth-order valence-corrected chi connectivity index (χ4v) is 6.65. The number of Topliss-reactive ketones (excluding diaryl/α,β-unsaturated/α-hetero) is 1. The zero-order valence-corrected chi connectivity index (χ0v) is 16.7. The van der Waals surface area contributed by atoms with Gasteiger partial charge in [-0.2, -0.15) is 0 Å². The van der Waals surface area contributed by atoms with Crippen LogP contribution in [-0.2, 0) is 17.0 Å². The van der Waals surface area contributed by atoms with E-state index in [0.717, 1.165) is 39.3 Å². The molecule has 0 N–H and O–H groups in total. The third-order valence-electron chi connectivity index (χ3n) is 7.61. The Morgan fingerprint density at radius 1 is 0.786 bits per heavy atom. The van der Waals surface area contributed by atoms with E-state index in [0.29, 0.717) is 5.78 Å². The first kappa shape index (κ1) is 16.8. The Kier molecular flexibility index (Phi) is 3.14. The SMILES string of the molecule is CC12CN3CC(C)(CN(C1)C31CN(Cc3ccccc3)c3ccccc31)C2=O. The fraction of sp³-hybridized carbons (Fsp3) is 0.458. The first-order chi connectivity index (χ1) is 13.4. The molecule has 2 aromatic rings. The van der Waals surface area contributed by atoms with Crippen molar-refractivity contribution in [3.63, 3.8) is 0 Å². The molecule has 1 spiro atoms. The molecule has 5 aliphatic rings. The van der Waals surface area contributed by atoms with Crippen LogP contribution in [0, 0.1) is 10.8 Å². The highest BCUT2D eigenvalue weighted by Crippen LogP contribution is 2.58. The molecule has 28 heavy (non-hydrogen) atoms. The lowest BCUT2D eigenvalue weighted by atomic mass is 9.60. The van der Waals surface area contributed by atoms with Crippen LogP contribution >= 0.6 is 0 Å². The molecule has 144 valence electrons. The van der Waals surface area contributed by atoms with Gasteiger partial charge in [0.15, 0.2) is 0 Å². The second-order valence-corrected chi connectivity index (χ2v) is 9.84. The molecular formula is C24H27N3O. The molecule has 7 rings (SSSR count). The summed E-state index contributed by atoms with van der Waals surface area (Å²) in [7, 11) is 0. The molecule has 0 radical (unpaired) electrons. The van der Waals surface area contributed by atoms with Crippen molar-refractivity contribution in [1.29, 1.82) is 0 Å².